The molecule has 0 unspecified atom stereocenters. The first kappa shape index (κ1) is 15.7. The number of hydrogen-bond donors (Lipinski definition) is 1. The molecular weight excluding hydrogens is 288 g/mol. The van der Waals surface area contributed by atoms with Crippen LogP contribution in [0.2, 0.25) is 0 Å². The molecule has 0 spiro atoms. The van der Waals surface area contributed by atoms with Gasteiger partial charge in [-0.2, -0.15) is 0 Å². The highest BCUT2D eigenvalue weighted by Gasteiger charge is 2.29. The Labute approximate surface area is 128 Å². The van der Waals surface area contributed by atoms with Crippen LogP contribution in [-0.4, -0.2) is 23.1 Å². The lowest BCUT2D eigenvalue weighted by Gasteiger charge is -2.23. The molecule has 0 aliphatic carbocycles. The quantitative estimate of drug-likeness (QED) is 0.831. The number of aromatic nitrogens is 1. The zero-order valence-corrected chi connectivity index (χ0v) is 13.5. The van der Waals surface area contributed by atoms with E-state index >= 15 is 0 Å². The van der Waals surface area contributed by atoms with Crippen LogP contribution in [0.4, 0.5) is 0 Å². The van der Waals surface area contributed by atoms with Gasteiger partial charge in [-0.25, -0.2) is 4.98 Å². The molecule has 0 saturated carbocycles. The molecule has 2 aromatic heterocycles. The second kappa shape index (κ2) is 6.41. The van der Waals surface area contributed by atoms with Crippen LogP contribution in [0.1, 0.15) is 32.2 Å². The van der Waals surface area contributed by atoms with Gasteiger partial charge in [0.2, 0.25) is 5.89 Å². The monoisotopic (exact) mass is 308 g/mol. The van der Waals surface area contributed by atoms with Crippen molar-refractivity contribution in [2.45, 2.75) is 39.8 Å². The first-order valence-electron chi connectivity index (χ1n) is 6.86. The third kappa shape index (κ3) is 3.71. The van der Waals surface area contributed by atoms with Crippen LogP contribution in [0.25, 0.3) is 10.8 Å². The number of nitrogens with one attached hydrogen (secondary N) is 1. The SMILES string of the molecule is CCOC(=O)C(C)(C)NCc1nc(-c2cccs2)oc1C. The van der Waals surface area contributed by atoms with Crippen LogP contribution in [0.3, 0.4) is 0 Å². The Hall–Kier alpha value is -1.66. The van der Waals surface area contributed by atoms with E-state index in [1.807, 2.05) is 24.4 Å². The Morgan fingerprint density at radius 3 is 2.90 bits per heavy atom. The van der Waals surface area contributed by atoms with E-state index < -0.39 is 5.54 Å². The minimum absolute atomic E-state index is 0.273. The number of aryl methyl sites for hydroxylation is 1. The summed E-state index contributed by atoms with van der Waals surface area (Å²) in [6.07, 6.45) is 0. The van der Waals surface area contributed by atoms with Gasteiger partial charge in [-0.15, -0.1) is 11.3 Å². The molecule has 2 rings (SSSR count). The molecule has 0 amide bonds. The van der Waals surface area contributed by atoms with E-state index in [9.17, 15) is 4.79 Å². The predicted octanol–water partition coefficient (Wildman–Crippen LogP) is 3.14. The van der Waals surface area contributed by atoms with Gasteiger partial charge in [-0.3, -0.25) is 10.1 Å². The molecule has 6 heteroatoms. The van der Waals surface area contributed by atoms with Gasteiger partial charge in [0.05, 0.1) is 17.2 Å². The molecule has 114 valence electrons. The molecule has 5 nitrogen and oxygen atoms in total. The van der Waals surface area contributed by atoms with Crippen LogP contribution < -0.4 is 5.32 Å². The number of carbonyl (C=O) groups excluding carboxylic acids is 1. The Bertz CT molecular complexity index is 602. The summed E-state index contributed by atoms with van der Waals surface area (Å²) in [7, 11) is 0. The van der Waals surface area contributed by atoms with Gasteiger partial charge < -0.3 is 9.15 Å². The lowest BCUT2D eigenvalue weighted by molar-refractivity contribution is -0.149. The number of rotatable bonds is 6. The smallest absolute Gasteiger partial charge is 0.325 e. The van der Waals surface area contributed by atoms with E-state index in [2.05, 4.69) is 10.3 Å². The summed E-state index contributed by atoms with van der Waals surface area (Å²) in [6, 6.07) is 3.93. The van der Waals surface area contributed by atoms with Gasteiger partial charge in [-0.1, -0.05) is 6.07 Å². The number of hydrogen-bond acceptors (Lipinski definition) is 6. The number of thiophene rings is 1. The second-order valence-electron chi connectivity index (χ2n) is 5.20. The molecule has 0 aliphatic rings. The molecule has 0 aromatic carbocycles. The van der Waals surface area contributed by atoms with Gasteiger partial charge in [-0.05, 0) is 39.1 Å². The van der Waals surface area contributed by atoms with E-state index in [1.54, 1.807) is 32.1 Å². The first-order valence-corrected chi connectivity index (χ1v) is 7.74. The summed E-state index contributed by atoms with van der Waals surface area (Å²) in [5, 5.41) is 5.15. The largest absolute Gasteiger partial charge is 0.465 e. The van der Waals surface area contributed by atoms with Gasteiger partial charge in [0.15, 0.2) is 0 Å². The molecule has 0 atom stereocenters. The lowest BCUT2D eigenvalue weighted by atomic mass is 10.1. The Morgan fingerprint density at radius 1 is 1.52 bits per heavy atom. The molecule has 0 aliphatic heterocycles. The fraction of sp³-hybridized carbons (Fsp3) is 0.467. The van der Waals surface area contributed by atoms with Crippen LogP contribution in [0.15, 0.2) is 21.9 Å². The highest BCUT2D eigenvalue weighted by molar-refractivity contribution is 7.13. The van der Waals surface area contributed by atoms with Crippen molar-refractivity contribution in [2.75, 3.05) is 6.61 Å². The number of oxazole rings is 1. The van der Waals surface area contributed by atoms with E-state index in [-0.39, 0.29) is 5.97 Å². The lowest BCUT2D eigenvalue weighted by Crippen LogP contribution is -2.47. The van der Waals surface area contributed by atoms with Gasteiger partial charge >= 0.3 is 5.97 Å². The number of nitrogens with zero attached hydrogens (tertiary/aromatic N) is 1. The third-order valence-corrected chi connectivity index (χ3v) is 3.97. The maximum absolute atomic E-state index is 11.8. The van der Waals surface area contributed by atoms with E-state index in [0.29, 0.717) is 19.0 Å². The fourth-order valence-corrected chi connectivity index (χ4v) is 2.44. The highest BCUT2D eigenvalue weighted by Crippen LogP contribution is 2.26. The average molecular weight is 308 g/mol. The van der Waals surface area contributed by atoms with Crippen molar-refractivity contribution in [3.63, 3.8) is 0 Å². The minimum atomic E-state index is -0.759. The van der Waals surface area contributed by atoms with Crippen molar-refractivity contribution in [1.29, 1.82) is 0 Å². The molecular formula is C15H20N2O3S. The Balaban J connectivity index is 2.05. The Morgan fingerprint density at radius 2 is 2.29 bits per heavy atom. The topological polar surface area (TPSA) is 64.4 Å². The van der Waals surface area contributed by atoms with Crippen LogP contribution in [-0.2, 0) is 16.1 Å². The normalized spacial score (nSPS) is 11.6. The minimum Gasteiger partial charge on any atom is -0.465 e. The molecule has 1 N–H and O–H groups in total. The third-order valence-electron chi connectivity index (χ3n) is 3.11. The molecule has 2 aromatic rings. The molecule has 0 radical (unpaired) electrons. The maximum Gasteiger partial charge on any atom is 0.325 e. The maximum atomic E-state index is 11.8. The second-order valence-corrected chi connectivity index (χ2v) is 6.15. The van der Waals surface area contributed by atoms with Crippen LogP contribution in [0.5, 0.6) is 0 Å². The number of carbonyl (C=O) groups is 1. The van der Waals surface area contributed by atoms with E-state index in [4.69, 9.17) is 9.15 Å². The van der Waals surface area contributed by atoms with E-state index in [0.717, 1.165) is 16.3 Å². The number of esters is 1. The molecule has 0 saturated heterocycles. The summed E-state index contributed by atoms with van der Waals surface area (Å²) < 4.78 is 10.7. The number of ether oxygens (including phenoxy) is 1. The summed E-state index contributed by atoms with van der Waals surface area (Å²) >= 11 is 1.58. The summed E-state index contributed by atoms with van der Waals surface area (Å²) in [4.78, 5) is 17.3. The van der Waals surface area contributed by atoms with Crippen molar-refractivity contribution in [1.82, 2.24) is 10.3 Å². The molecule has 21 heavy (non-hydrogen) atoms. The summed E-state index contributed by atoms with van der Waals surface area (Å²) in [5.41, 5.74) is 0.0422. The van der Waals surface area contributed by atoms with Crippen molar-refractivity contribution in [3.05, 3.63) is 29.0 Å². The zero-order chi connectivity index (χ0) is 15.5. The van der Waals surface area contributed by atoms with Crippen LogP contribution in [0, 0.1) is 6.92 Å². The van der Waals surface area contributed by atoms with Gasteiger partial charge in [0.25, 0.3) is 0 Å². The standard InChI is InChI=1S/C15H20N2O3S/c1-5-19-14(18)15(3,4)16-9-11-10(2)20-13(17-11)12-7-6-8-21-12/h6-8,16H,5,9H2,1-4H3. The van der Waals surface area contributed by atoms with Gasteiger partial charge in [0.1, 0.15) is 11.3 Å². The fourth-order valence-electron chi connectivity index (χ4n) is 1.79. The average Bonchev–Trinajstić information content (AvgIpc) is 3.06. The van der Waals surface area contributed by atoms with E-state index in [1.165, 1.54) is 0 Å². The van der Waals surface area contributed by atoms with Crippen LogP contribution >= 0.6 is 11.3 Å². The summed E-state index contributed by atoms with van der Waals surface area (Å²) in [5.74, 6) is 1.10. The Kier molecular flexibility index (Phi) is 4.80. The van der Waals surface area contributed by atoms with Crippen molar-refractivity contribution in [2.24, 2.45) is 0 Å². The molecule has 0 fully saturated rings. The van der Waals surface area contributed by atoms with Crippen molar-refractivity contribution >= 4 is 17.3 Å². The molecule has 0 bridgehead atoms. The first-order chi connectivity index (χ1) is 9.94. The zero-order valence-electron chi connectivity index (χ0n) is 12.7. The van der Waals surface area contributed by atoms with Crippen molar-refractivity contribution < 1.29 is 13.9 Å². The molecule has 2 heterocycles. The highest BCUT2D eigenvalue weighted by atomic mass is 32.1. The summed E-state index contributed by atoms with van der Waals surface area (Å²) in [6.45, 7) is 8.07. The predicted molar refractivity (Wildman–Crippen MR) is 82.1 cm³/mol. The van der Waals surface area contributed by atoms with Crippen molar-refractivity contribution in [3.8, 4) is 10.8 Å². The van der Waals surface area contributed by atoms with Gasteiger partial charge in [0, 0.05) is 6.54 Å².